The van der Waals surface area contributed by atoms with Gasteiger partial charge < -0.3 is 15.8 Å². The number of nitrogens with one attached hydrogen (secondary N) is 1. The fourth-order valence-electron chi connectivity index (χ4n) is 2.86. The molecule has 1 saturated carbocycles. The van der Waals surface area contributed by atoms with E-state index in [1.54, 1.807) is 6.07 Å². The molecule has 2 rings (SSSR count). The van der Waals surface area contributed by atoms with Crippen LogP contribution in [0.4, 0.5) is 5.69 Å². The van der Waals surface area contributed by atoms with E-state index in [1.807, 2.05) is 18.2 Å². The van der Waals surface area contributed by atoms with Crippen LogP contribution >= 0.6 is 12.2 Å². The monoisotopic (exact) mass is 306 g/mol. The molecule has 5 heteroatoms. The fraction of sp³-hybridized carbons (Fsp3) is 0.500. The first kappa shape index (κ1) is 15.8. The highest BCUT2D eigenvalue weighted by Crippen LogP contribution is 2.43. The highest BCUT2D eigenvalue weighted by atomic mass is 32.1. The number of anilines is 1. The van der Waals surface area contributed by atoms with E-state index in [4.69, 9.17) is 22.7 Å². The predicted molar refractivity (Wildman–Crippen MR) is 88.5 cm³/mol. The highest BCUT2D eigenvalue weighted by molar-refractivity contribution is 7.80. The van der Waals surface area contributed by atoms with Crippen molar-refractivity contribution in [1.29, 1.82) is 0 Å². The van der Waals surface area contributed by atoms with Crippen molar-refractivity contribution in [3.05, 3.63) is 24.3 Å². The third kappa shape index (κ3) is 4.17. The lowest BCUT2D eigenvalue weighted by atomic mass is 9.81. The van der Waals surface area contributed by atoms with Crippen LogP contribution in [0.15, 0.2) is 24.3 Å². The summed E-state index contributed by atoms with van der Waals surface area (Å²) in [6.45, 7) is 4.51. The Labute approximate surface area is 131 Å². The smallest absolute Gasteiger partial charge is 0.228 e. The van der Waals surface area contributed by atoms with Gasteiger partial charge >= 0.3 is 0 Å². The van der Waals surface area contributed by atoms with Gasteiger partial charge in [0.1, 0.15) is 17.3 Å². The summed E-state index contributed by atoms with van der Waals surface area (Å²) in [4.78, 5) is 12.7. The molecule has 1 aliphatic rings. The third-order valence-corrected chi connectivity index (χ3v) is 4.17. The summed E-state index contributed by atoms with van der Waals surface area (Å²) >= 11 is 4.78. The zero-order valence-corrected chi connectivity index (χ0v) is 13.3. The molecule has 0 spiro atoms. The largest absolute Gasteiger partial charge is 0.486 e. The van der Waals surface area contributed by atoms with Crippen LogP contribution in [0.5, 0.6) is 5.75 Å². The van der Waals surface area contributed by atoms with Gasteiger partial charge in [-0.25, -0.2) is 0 Å². The molecule has 1 aliphatic carbocycles. The zero-order chi connectivity index (χ0) is 15.5. The van der Waals surface area contributed by atoms with Crippen molar-refractivity contribution in [3.63, 3.8) is 0 Å². The maximum atomic E-state index is 12.4. The van der Waals surface area contributed by atoms with Crippen LogP contribution in [0, 0.1) is 11.3 Å². The van der Waals surface area contributed by atoms with E-state index in [0.29, 0.717) is 10.7 Å². The van der Waals surface area contributed by atoms with Gasteiger partial charge in [-0.05, 0) is 30.4 Å². The molecule has 0 bridgehead atoms. The van der Waals surface area contributed by atoms with E-state index in [0.717, 1.165) is 24.9 Å². The standard InChI is InChI=1S/C16H22N2O2S/c1-16(2)8-4-7-13(16)15(19)18-11-5-3-6-12(9-11)20-10-14(17)21/h3,5-6,9,13H,4,7-8,10H2,1-2H3,(H2,17,21)(H,18,19). The normalized spacial score (nSPS) is 20.0. The maximum absolute atomic E-state index is 12.4. The van der Waals surface area contributed by atoms with Crippen molar-refractivity contribution in [1.82, 2.24) is 0 Å². The lowest BCUT2D eigenvalue weighted by Crippen LogP contribution is -2.30. The summed E-state index contributed by atoms with van der Waals surface area (Å²) in [5, 5.41) is 2.98. The van der Waals surface area contributed by atoms with Crippen LogP contribution in [0.2, 0.25) is 0 Å². The zero-order valence-electron chi connectivity index (χ0n) is 12.5. The summed E-state index contributed by atoms with van der Waals surface area (Å²) in [6.07, 6.45) is 3.17. The minimum Gasteiger partial charge on any atom is -0.486 e. The Morgan fingerprint density at radius 3 is 2.90 bits per heavy atom. The molecular formula is C16H22N2O2S. The Morgan fingerprint density at radius 2 is 2.29 bits per heavy atom. The number of nitrogens with two attached hydrogens (primary N) is 1. The Kier molecular flexibility index (Phi) is 4.83. The summed E-state index contributed by atoms with van der Waals surface area (Å²) in [5.74, 6) is 0.800. The van der Waals surface area contributed by atoms with Gasteiger partial charge in [0.25, 0.3) is 0 Å². The number of carbonyl (C=O) groups is 1. The van der Waals surface area contributed by atoms with Gasteiger partial charge in [0.05, 0.1) is 0 Å². The average molecular weight is 306 g/mol. The lowest BCUT2D eigenvalue weighted by molar-refractivity contribution is -0.122. The Bertz CT molecular complexity index is 543. The van der Waals surface area contributed by atoms with Crippen LogP contribution in [-0.2, 0) is 4.79 Å². The maximum Gasteiger partial charge on any atom is 0.228 e. The van der Waals surface area contributed by atoms with Crippen LogP contribution in [0.1, 0.15) is 33.1 Å². The van der Waals surface area contributed by atoms with E-state index in [2.05, 4.69) is 19.2 Å². The molecule has 0 heterocycles. The Morgan fingerprint density at radius 1 is 1.52 bits per heavy atom. The average Bonchev–Trinajstić information content (AvgIpc) is 2.76. The van der Waals surface area contributed by atoms with E-state index < -0.39 is 0 Å². The second-order valence-corrected chi connectivity index (χ2v) is 6.73. The minimum absolute atomic E-state index is 0.0682. The number of ether oxygens (including phenoxy) is 1. The number of carbonyl (C=O) groups excluding carboxylic acids is 1. The van der Waals surface area contributed by atoms with Crippen LogP contribution in [-0.4, -0.2) is 17.5 Å². The second-order valence-electron chi connectivity index (χ2n) is 6.21. The van der Waals surface area contributed by atoms with Crippen LogP contribution in [0.25, 0.3) is 0 Å². The topological polar surface area (TPSA) is 64.3 Å². The van der Waals surface area contributed by atoms with E-state index >= 15 is 0 Å². The molecule has 4 nitrogen and oxygen atoms in total. The first-order chi connectivity index (χ1) is 9.88. The molecule has 1 fully saturated rings. The molecule has 0 radical (unpaired) electrons. The van der Waals surface area contributed by atoms with E-state index in [-0.39, 0.29) is 23.8 Å². The molecule has 114 valence electrons. The van der Waals surface area contributed by atoms with Crippen molar-refractivity contribution < 1.29 is 9.53 Å². The van der Waals surface area contributed by atoms with Gasteiger partial charge in [-0.3, -0.25) is 4.79 Å². The van der Waals surface area contributed by atoms with Gasteiger partial charge in [-0.2, -0.15) is 0 Å². The summed E-state index contributed by atoms with van der Waals surface area (Å²) in [7, 11) is 0. The number of benzene rings is 1. The minimum atomic E-state index is 0.0682. The summed E-state index contributed by atoms with van der Waals surface area (Å²) < 4.78 is 5.44. The van der Waals surface area contributed by atoms with Gasteiger partial charge in [-0.1, -0.05) is 38.6 Å². The van der Waals surface area contributed by atoms with Crippen LogP contribution < -0.4 is 15.8 Å². The Balaban J connectivity index is 2.01. The van der Waals surface area contributed by atoms with Gasteiger partial charge in [0.15, 0.2) is 0 Å². The van der Waals surface area contributed by atoms with Crippen molar-refractivity contribution in [2.45, 2.75) is 33.1 Å². The van der Waals surface area contributed by atoms with E-state index in [9.17, 15) is 4.79 Å². The first-order valence-corrected chi connectivity index (χ1v) is 7.61. The molecule has 1 atom stereocenters. The van der Waals surface area contributed by atoms with Gasteiger partial charge in [-0.15, -0.1) is 0 Å². The quantitative estimate of drug-likeness (QED) is 0.820. The molecule has 0 aliphatic heterocycles. The third-order valence-electron chi connectivity index (χ3n) is 4.06. The predicted octanol–water partition coefficient (Wildman–Crippen LogP) is 3.12. The number of hydrogen-bond donors (Lipinski definition) is 2. The van der Waals surface area contributed by atoms with Gasteiger partial charge in [0.2, 0.25) is 5.91 Å². The molecule has 0 saturated heterocycles. The molecule has 1 aromatic carbocycles. The molecule has 1 unspecified atom stereocenters. The van der Waals surface area contributed by atoms with Gasteiger partial charge in [0, 0.05) is 17.7 Å². The molecule has 3 N–H and O–H groups in total. The van der Waals surface area contributed by atoms with Crippen LogP contribution in [0.3, 0.4) is 0 Å². The fourth-order valence-corrected chi connectivity index (χ4v) is 2.92. The van der Waals surface area contributed by atoms with E-state index in [1.165, 1.54) is 0 Å². The highest BCUT2D eigenvalue weighted by Gasteiger charge is 2.39. The van der Waals surface area contributed by atoms with Crippen molar-refractivity contribution in [2.24, 2.45) is 17.1 Å². The molecule has 0 aromatic heterocycles. The number of rotatable bonds is 5. The number of hydrogen-bond acceptors (Lipinski definition) is 3. The molecule has 1 amide bonds. The first-order valence-electron chi connectivity index (χ1n) is 7.20. The summed E-state index contributed by atoms with van der Waals surface area (Å²) in [6, 6.07) is 7.29. The molecule has 21 heavy (non-hydrogen) atoms. The lowest BCUT2D eigenvalue weighted by Gasteiger charge is -2.25. The number of amides is 1. The number of thiocarbonyl (C=S) groups is 1. The second kappa shape index (κ2) is 6.43. The van der Waals surface area contributed by atoms with Crippen molar-refractivity contribution in [3.8, 4) is 5.75 Å². The van der Waals surface area contributed by atoms with Crippen molar-refractivity contribution >= 4 is 28.8 Å². The Hall–Kier alpha value is -1.62. The molecule has 1 aromatic rings. The van der Waals surface area contributed by atoms with Crippen molar-refractivity contribution in [2.75, 3.05) is 11.9 Å². The summed E-state index contributed by atoms with van der Waals surface area (Å²) in [5.41, 5.74) is 6.22. The molecular weight excluding hydrogens is 284 g/mol. The SMILES string of the molecule is CC1(C)CCCC1C(=O)Nc1cccc(OCC(N)=S)c1.